The average Bonchev–Trinajstić information content (AvgIpc) is 2.46. The van der Waals surface area contributed by atoms with Gasteiger partial charge < -0.3 is 10.0 Å². The first-order valence-corrected chi connectivity index (χ1v) is 7.12. The largest absolute Gasteiger partial charge is 0.392 e. The lowest BCUT2D eigenvalue weighted by atomic mass is 9.99. The van der Waals surface area contributed by atoms with E-state index >= 15 is 0 Å². The summed E-state index contributed by atoms with van der Waals surface area (Å²) in [6.45, 7) is 5.25. The number of hydrogen-bond donors (Lipinski definition) is 1. The minimum absolute atomic E-state index is 0.0455. The molecule has 3 nitrogen and oxygen atoms in total. The molecule has 1 aliphatic rings. The van der Waals surface area contributed by atoms with Crippen LogP contribution in [0.3, 0.4) is 0 Å². The number of benzene rings is 1. The second-order valence-electron chi connectivity index (χ2n) is 5.53. The first-order valence-electron chi connectivity index (χ1n) is 7.12. The number of aliphatic hydroxyl groups excluding tert-OH is 1. The number of fused-ring (bicyclic) bond motifs is 1. The highest BCUT2D eigenvalue weighted by Gasteiger charge is 2.20. The van der Waals surface area contributed by atoms with Crippen molar-refractivity contribution in [2.24, 2.45) is 0 Å². The molecule has 2 aromatic rings. The van der Waals surface area contributed by atoms with Gasteiger partial charge in [0.15, 0.2) is 0 Å². The van der Waals surface area contributed by atoms with Crippen LogP contribution < -0.4 is 4.90 Å². The zero-order chi connectivity index (χ0) is 14.1. The Labute approximate surface area is 119 Å². The lowest BCUT2D eigenvalue weighted by molar-refractivity contribution is 0.281. The van der Waals surface area contributed by atoms with E-state index in [4.69, 9.17) is 0 Å². The molecule has 1 N–H and O–H groups in total. The van der Waals surface area contributed by atoms with Crippen molar-refractivity contribution in [1.29, 1.82) is 0 Å². The summed E-state index contributed by atoms with van der Waals surface area (Å²) in [4.78, 5) is 6.86. The highest BCUT2D eigenvalue weighted by molar-refractivity contribution is 5.68. The molecule has 0 amide bonds. The maximum Gasteiger partial charge on any atom is 0.135 e. The maximum absolute atomic E-state index is 9.20. The van der Waals surface area contributed by atoms with Crippen molar-refractivity contribution in [3.63, 3.8) is 0 Å². The molecule has 104 valence electrons. The maximum atomic E-state index is 9.20. The van der Waals surface area contributed by atoms with Gasteiger partial charge in [0.05, 0.1) is 6.61 Å². The Kier molecular flexibility index (Phi) is 3.45. The fourth-order valence-electron chi connectivity index (χ4n) is 2.94. The van der Waals surface area contributed by atoms with Gasteiger partial charge in [-0.1, -0.05) is 17.7 Å². The van der Waals surface area contributed by atoms with Crippen molar-refractivity contribution < 1.29 is 5.11 Å². The molecule has 2 heterocycles. The molecule has 3 heteroatoms. The Morgan fingerprint density at radius 1 is 1.25 bits per heavy atom. The topological polar surface area (TPSA) is 36.4 Å². The number of rotatable bonds is 2. The van der Waals surface area contributed by atoms with Crippen molar-refractivity contribution in [3.8, 4) is 0 Å². The van der Waals surface area contributed by atoms with Gasteiger partial charge in [0, 0.05) is 18.4 Å². The van der Waals surface area contributed by atoms with Crippen LogP contribution in [0.5, 0.6) is 0 Å². The van der Waals surface area contributed by atoms with Crippen LogP contribution in [-0.4, -0.2) is 16.6 Å². The standard InChI is InChI=1S/C17H20N2O/c1-12-5-6-16-15(8-12)4-3-7-19(16)17-13(2)9-14(11-20)10-18-17/h5-6,8-10,20H,3-4,7,11H2,1-2H3. The van der Waals surface area contributed by atoms with Gasteiger partial charge >= 0.3 is 0 Å². The summed E-state index contributed by atoms with van der Waals surface area (Å²) in [5.74, 6) is 1.01. The fraction of sp³-hybridized carbons (Fsp3) is 0.353. The van der Waals surface area contributed by atoms with E-state index in [1.165, 1.54) is 16.8 Å². The molecule has 0 aliphatic carbocycles. The fourth-order valence-corrected chi connectivity index (χ4v) is 2.94. The van der Waals surface area contributed by atoms with Crippen LogP contribution in [0.1, 0.15) is 28.7 Å². The number of pyridine rings is 1. The molecule has 3 rings (SSSR count). The Bertz CT molecular complexity index is 637. The molecule has 0 bridgehead atoms. The van der Waals surface area contributed by atoms with Gasteiger partial charge in [-0.25, -0.2) is 4.98 Å². The highest BCUT2D eigenvalue weighted by atomic mass is 16.3. The van der Waals surface area contributed by atoms with Gasteiger partial charge in [-0.05, 0) is 55.5 Å². The Morgan fingerprint density at radius 2 is 2.10 bits per heavy atom. The molecule has 0 saturated carbocycles. The molecular formula is C17H20N2O. The van der Waals surface area contributed by atoms with Crippen LogP contribution in [0.15, 0.2) is 30.5 Å². The SMILES string of the molecule is Cc1ccc2c(c1)CCCN2c1ncc(CO)cc1C. The highest BCUT2D eigenvalue weighted by Crippen LogP contribution is 2.34. The first-order chi connectivity index (χ1) is 9.69. The van der Waals surface area contributed by atoms with Crippen LogP contribution in [0.2, 0.25) is 0 Å². The van der Waals surface area contributed by atoms with E-state index in [-0.39, 0.29) is 6.61 Å². The van der Waals surface area contributed by atoms with E-state index in [2.05, 4.69) is 41.9 Å². The van der Waals surface area contributed by atoms with Gasteiger partial charge in [0.2, 0.25) is 0 Å². The van der Waals surface area contributed by atoms with Gasteiger partial charge in [-0.2, -0.15) is 0 Å². The van der Waals surface area contributed by atoms with Crippen LogP contribution in [0.25, 0.3) is 0 Å². The van der Waals surface area contributed by atoms with E-state index in [0.717, 1.165) is 36.3 Å². The average molecular weight is 268 g/mol. The second-order valence-corrected chi connectivity index (χ2v) is 5.53. The van der Waals surface area contributed by atoms with Crippen molar-refractivity contribution in [1.82, 2.24) is 4.98 Å². The number of aliphatic hydroxyl groups is 1. The molecular weight excluding hydrogens is 248 g/mol. The normalized spacial score (nSPS) is 14.2. The minimum Gasteiger partial charge on any atom is -0.392 e. The smallest absolute Gasteiger partial charge is 0.135 e. The van der Waals surface area contributed by atoms with E-state index < -0.39 is 0 Å². The minimum atomic E-state index is 0.0455. The monoisotopic (exact) mass is 268 g/mol. The quantitative estimate of drug-likeness (QED) is 0.908. The van der Waals surface area contributed by atoms with Crippen molar-refractivity contribution in [2.45, 2.75) is 33.3 Å². The molecule has 1 aliphatic heterocycles. The lowest BCUT2D eigenvalue weighted by Crippen LogP contribution is -2.26. The van der Waals surface area contributed by atoms with E-state index in [1.54, 1.807) is 6.20 Å². The third kappa shape index (κ3) is 2.29. The molecule has 0 spiro atoms. The van der Waals surface area contributed by atoms with Crippen molar-refractivity contribution in [3.05, 3.63) is 52.7 Å². The third-order valence-electron chi connectivity index (χ3n) is 3.90. The van der Waals surface area contributed by atoms with E-state index in [0.29, 0.717) is 0 Å². The lowest BCUT2D eigenvalue weighted by Gasteiger charge is -2.31. The van der Waals surface area contributed by atoms with Gasteiger partial charge in [-0.15, -0.1) is 0 Å². The molecule has 0 saturated heterocycles. The Balaban J connectivity index is 2.04. The molecule has 0 fully saturated rings. The summed E-state index contributed by atoms with van der Waals surface area (Å²) in [7, 11) is 0. The number of hydrogen-bond acceptors (Lipinski definition) is 3. The van der Waals surface area contributed by atoms with Crippen LogP contribution in [0, 0.1) is 13.8 Å². The Hall–Kier alpha value is -1.87. The molecule has 20 heavy (non-hydrogen) atoms. The number of aryl methyl sites for hydroxylation is 3. The number of nitrogens with zero attached hydrogens (tertiary/aromatic N) is 2. The van der Waals surface area contributed by atoms with Gasteiger partial charge in [0.1, 0.15) is 5.82 Å². The molecule has 1 aromatic carbocycles. The van der Waals surface area contributed by atoms with Crippen LogP contribution >= 0.6 is 0 Å². The summed E-state index contributed by atoms with van der Waals surface area (Å²) in [6.07, 6.45) is 4.06. The van der Waals surface area contributed by atoms with Crippen molar-refractivity contribution in [2.75, 3.05) is 11.4 Å². The summed E-state index contributed by atoms with van der Waals surface area (Å²) >= 11 is 0. The van der Waals surface area contributed by atoms with Crippen LogP contribution in [-0.2, 0) is 13.0 Å². The van der Waals surface area contributed by atoms with Gasteiger partial charge in [0.25, 0.3) is 0 Å². The molecule has 0 atom stereocenters. The predicted octanol–water partition coefficient (Wildman–Crippen LogP) is 3.28. The van der Waals surface area contributed by atoms with E-state index in [1.807, 2.05) is 6.07 Å². The zero-order valence-corrected chi connectivity index (χ0v) is 12.1. The number of anilines is 2. The third-order valence-corrected chi connectivity index (χ3v) is 3.90. The zero-order valence-electron chi connectivity index (χ0n) is 12.1. The Morgan fingerprint density at radius 3 is 2.85 bits per heavy atom. The molecule has 0 unspecified atom stereocenters. The first kappa shape index (κ1) is 13.1. The summed E-state index contributed by atoms with van der Waals surface area (Å²) < 4.78 is 0. The predicted molar refractivity (Wildman–Crippen MR) is 81.4 cm³/mol. The van der Waals surface area contributed by atoms with Crippen molar-refractivity contribution >= 4 is 11.5 Å². The molecule has 1 aromatic heterocycles. The summed E-state index contributed by atoms with van der Waals surface area (Å²) in [6, 6.07) is 8.66. The van der Waals surface area contributed by atoms with E-state index in [9.17, 15) is 5.11 Å². The molecule has 0 radical (unpaired) electrons. The summed E-state index contributed by atoms with van der Waals surface area (Å²) in [5, 5.41) is 9.20. The van der Waals surface area contributed by atoms with Crippen LogP contribution in [0.4, 0.5) is 11.5 Å². The second kappa shape index (κ2) is 5.25. The van der Waals surface area contributed by atoms with Gasteiger partial charge in [-0.3, -0.25) is 0 Å². The number of aromatic nitrogens is 1. The summed E-state index contributed by atoms with van der Waals surface area (Å²) in [5.41, 5.74) is 5.97.